The highest BCUT2D eigenvalue weighted by Gasteiger charge is 2.20. The maximum Gasteiger partial charge on any atom is 0.472 e. The standard InChI is InChI=1S/C31H66NO4P/c1-4-7-10-13-16-17-20-25-30-35-37(33,34)36-31-26-21-24-29-32(27-22-18-14-11-8-5-2)28-23-19-15-12-9-6-3/h4-31H2,1-3H3,(H,33,34). The van der Waals surface area contributed by atoms with Crippen molar-refractivity contribution in [2.45, 2.75) is 168 Å². The fraction of sp³-hybridized carbons (Fsp3) is 1.00. The topological polar surface area (TPSA) is 59.0 Å². The molecule has 0 amide bonds. The minimum absolute atomic E-state index is 0.306. The smallest absolute Gasteiger partial charge is 0.303 e. The molecule has 224 valence electrons. The monoisotopic (exact) mass is 547 g/mol. The molecule has 5 nitrogen and oxygen atoms in total. The van der Waals surface area contributed by atoms with Gasteiger partial charge in [0.25, 0.3) is 0 Å². The summed E-state index contributed by atoms with van der Waals surface area (Å²) in [5.74, 6) is 0. The van der Waals surface area contributed by atoms with Crippen molar-refractivity contribution < 1.29 is 18.5 Å². The Balaban J connectivity index is 3.90. The molecule has 0 radical (unpaired) electrons. The average molecular weight is 548 g/mol. The molecule has 1 N–H and O–H groups in total. The fourth-order valence-corrected chi connectivity index (χ4v) is 5.61. The van der Waals surface area contributed by atoms with Crippen molar-refractivity contribution in [2.24, 2.45) is 0 Å². The number of unbranched alkanes of at least 4 members (excludes halogenated alkanes) is 19. The second-order valence-electron chi connectivity index (χ2n) is 11.0. The van der Waals surface area contributed by atoms with Gasteiger partial charge in [0, 0.05) is 0 Å². The lowest BCUT2D eigenvalue weighted by atomic mass is 10.1. The summed E-state index contributed by atoms with van der Waals surface area (Å²) < 4.78 is 22.5. The van der Waals surface area contributed by atoms with Gasteiger partial charge in [-0.2, -0.15) is 0 Å². The van der Waals surface area contributed by atoms with Crippen LogP contribution >= 0.6 is 7.82 Å². The summed E-state index contributed by atoms with van der Waals surface area (Å²) in [5.41, 5.74) is 0. The zero-order valence-electron chi connectivity index (χ0n) is 25.4. The van der Waals surface area contributed by atoms with Crippen LogP contribution in [-0.4, -0.2) is 42.6 Å². The first kappa shape index (κ1) is 37.1. The number of rotatable bonds is 31. The molecular weight excluding hydrogens is 481 g/mol. The van der Waals surface area contributed by atoms with Gasteiger partial charge in [-0.05, 0) is 58.2 Å². The van der Waals surface area contributed by atoms with E-state index in [1.807, 2.05) is 0 Å². The van der Waals surface area contributed by atoms with Crippen LogP contribution in [0, 0.1) is 0 Å². The first-order chi connectivity index (χ1) is 18.1. The molecule has 0 aromatic heterocycles. The highest BCUT2D eigenvalue weighted by atomic mass is 31.2. The Morgan fingerprint density at radius 2 is 0.730 bits per heavy atom. The Hall–Kier alpha value is 0.0700. The Labute approximate surface area is 232 Å². The van der Waals surface area contributed by atoms with E-state index in [9.17, 15) is 9.46 Å². The summed E-state index contributed by atoms with van der Waals surface area (Å²) >= 11 is 0. The first-order valence-corrected chi connectivity index (χ1v) is 17.9. The van der Waals surface area contributed by atoms with E-state index in [0.29, 0.717) is 13.2 Å². The van der Waals surface area contributed by atoms with E-state index in [1.54, 1.807) is 0 Å². The maximum absolute atomic E-state index is 12.1. The molecule has 0 saturated heterocycles. The maximum atomic E-state index is 12.1. The second-order valence-corrected chi connectivity index (χ2v) is 12.5. The van der Waals surface area contributed by atoms with Gasteiger partial charge in [-0.3, -0.25) is 9.05 Å². The van der Waals surface area contributed by atoms with Crippen molar-refractivity contribution >= 4 is 7.82 Å². The van der Waals surface area contributed by atoms with Crippen LogP contribution in [0.2, 0.25) is 0 Å². The van der Waals surface area contributed by atoms with Crippen LogP contribution in [-0.2, 0) is 13.6 Å². The number of phosphoric acid groups is 1. The van der Waals surface area contributed by atoms with Gasteiger partial charge < -0.3 is 9.79 Å². The molecule has 0 aromatic rings. The highest BCUT2D eigenvalue weighted by Crippen LogP contribution is 2.43. The molecule has 1 unspecified atom stereocenters. The number of hydrogen-bond donors (Lipinski definition) is 1. The van der Waals surface area contributed by atoms with Crippen LogP contribution in [0.25, 0.3) is 0 Å². The Kier molecular flexibility index (Phi) is 29.1. The largest absolute Gasteiger partial charge is 0.472 e. The van der Waals surface area contributed by atoms with Crippen LogP contribution < -0.4 is 0 Å². The van der Waals surface area contributed by atoms with E-state index in [4.69, 9.17) is 9.05 Å². The SMILES string of the molecule is CCCCCCCCCCOP(=O)(O)OCCCCCN(CCCCCCCC)CCCCCCCC. The third kappa shape index (κ3) is 28.9. The van der Waals surface area contributed by atoms with E-state index in [-0.39, 0.29) is 0 Å². The normalized spacial score (nSPS) is 13.4. The van der Waals surface area contributed by atoms with E-state index < -0.39 is 7.82 Å². The summed E-state index contributed by atoms with van der Waals surface area (Å²) in [4.78, 5) is 12.6. The summed E-state index contributed by atoms with van der Waals surface area (Å²) in [5, 5.41) is 0. The van der Waals surface area contributed by atoms with Crippen molar-refractivity contribution in [3.63, 3.8) is 0 Å². The zero-order valence-corrected chi connectivity index (χ0v) is 26.3. The second kappa shape index (κ2) is 29.1. The van der Waals surface area contributed by atoms with Crippen molar-refractivity contribution in [2.75, 3.05) is 32.8 Å². The van der Waals surface area contributed by atoms with Crippen molar-refractivity contribution in [1.82, 2.24) is 4.90 Å². The van der Waals surface area contributed by atoms with Crippen LogP contribution in [0.15, 0.2) is 0 Å². The molecule has 0 aliphatic carbocycles. The molecule has 0 heterocycles. The molecule has 0 aromatic carbocycles. The van der Waals surface area contributed by atoms with E-state index in [0.717, 1.165) is 38.6 Å². The van der Waals surface area contributed by atoms with Crippen LogP contribution in [0.4, 0.5) is 0 Å². The van der Waals surface area contributed by atoms with Gasteiger partial charge in [0.2, 0.25) is 0 Å². The molecular formula is C31H66NO4P. The summed E-state index contributed by atoms with van der Waals surface area (Å²) in [6.45, 7) is 11.0. The van der Waals surface area contributed by atoms with Crippen molar-refractivity contribution in [3.05, 3.63) is 0 Å². The predicted molar refractivity (Wildman–Crippen MR) is 161 cm³/mol. The fourth-order valence-electron chi connectivity index (χ4n) is 4.81. The lowest BCUT2D eigenvalue weighted by Gasteiger charge is -2.22. The first-order valence-electron chi connectivity index (χ1n) is 16.4. The summed E-state index contributed by atoms with van der Waals surface area (Å²) in [7, 11) is -3.89. The Morgan fingerprint density at radius 3 is 1.08 bits per heavy atom. The summed E-state index contributed by atoms with van der Waals surface area (Å²) in [6.07, 6.45) is 28.7. The predicted octanol–water partition coefficient (Wildman–Crippen LogP) is 10.5. The minimum atomic E-state index is -3.89. The quantitative estimate of drug-likeness (QED) is 0.0691. The van der Waals surface area contributed by atoms with E-state index in [1.165, 1.54) is 129 Å². The Bertz CT molecular complexity index is 476. The van der Waals surface area contributed by atoms with Gasteiger partial charge in [-0.15, -0.1) is 0 Å². The molecule has 0 aliphatic heterocycles. The highest BCUT2D eigenvalue weighted by molar-refractivity contribution is 7.47. The molecule has 0 saturated carbocycles. The molecule has 0 spiro atoms. The third-order valence-corrected chi connectivity index (χ3v) is 8.30. The van der Waals surface area contributed by atoms with Gasteiger partial charge in [-0.25, -0.2) is 4.57 Å². The van der Waals surface area contributed by atoms with Gasteiger partial charge in [0.1, 0.15) is 0 Å². The summed E-state index contributed by atoms with van der Waals surface area (Å²) in [6, 6.07) is 0. The van der Waals surface area contributed by atoms with Gasteiger partial charge in [0.05, 0.1) is 13.2 Å². The van der Waals surface area contributed by atoms with Crippen LogP contribution in [0.5, 0.6) is 0 Å². The van der Waals surface area contributed by atoms with E-state index in [2.05, 4.69) is 25.7 Å². The van der Waals surface area contributed by atoms with E-state index >= 15 is 0 Å². The minimum Gasteiger partial charge on any atom is -0.303 e. The number of hydrogen-bond acceptors (Lipinski definition) is 4. The molecule has 0 rings (SSSR count). The van der Waals surface area contributed by atoms with Crippen molar-refractivity contribution in [3.8, 4) is 0 Å². The molecule has 0 bridgehead atoms. The zero-order chi connectivity index (χ0) is 27.3. The molecule has 37 heavy (non-hydrogen) atoms. The molecule has 0 aliphatic rings. The lowest BCUT2D eigenvalue weighted by molar-refractivity contribution is 0.144. The number of nitrogens with zero attached hydrogens (tertiary/aromatic N) is 1. The lowest BCUT2D eigenvalue weighted by Crippen LogP contribution is -2.27. The van der Waals surface area contributed by atoms with Crippen LogP contribution in [0.1, 0.15) is 168 Å². The van der Waals surface area contributed by atoms with Gasteiger partial charge in [0.15, 0.2) is 0 Å². The number of phosphoric ester groups is 1. The Morgan fingerprint density at radius 1 is 0.459 bits per heavy atom. The molecule has 0 fully saturated rings. The molecule has 1 atom stereocenters. The third-order valence-electron chi connectivity index (χ3n) is 7.28. The van der Waals surface area contributed by atoms with Gasteiger partial charge in [-0.1, -0.05) is 130 Å². The molecule has 6 heteroatoms. The average Bonchev–Trinajstić information content (AvgIpc) is 2.88. The van der Waals surface area contributed by atoms with Crippen LogP contribution in [0.3, 0.4) is 0 Å². The van der Waals surface area contributed by atoms with Gasteiger partial charge >= 0.3 is 7.82 Å². The van der Waals surface area contributed by atoms with Crippen molar-refractivity contribution in [1.29, 1.82) is 0 Å².